The molecule has 1 aliphatic heterocycles. The van der Waals surface area contributed by atoms with Gasteiger partial charge in [-0.15, -0.1) is 0 Å². The average molecular weight is 590 g/mol. The van der Waals surface area contributed by atoms with Crippen molar-refractivity contribution in [3.8, 4) is 5.75 Å². The number of benzene rings is 2. The Bertz CT molecular complexity index is 1240. The van der Waals surface area contributed by atoms with Crippen molar-refractivity contribution in [3.63, 3.8) is 0 Å². The standard InChI is InChI=1S/C33H42F3NO5/c1-22-16-26-25-11-6-5-10-23(25)17-27(26)32(37(22)21-33(2,3)36)31-28(34)18-24(19-29(31)35)42-15-8-4-7-12-40-13-9-14-41-20-30(38)39/h5-6,10-11,18-19,22,32H,4,7-9,12-17,20-21H2,1-3H3,(H,38,39)/t22-,32+/m1/s1. The molecule has 230 valence electrons. The number of carbonyl (C=O) groups is 1. The number of ether oxygens (including phenoxy) is 3. The van der Waals surface area contributed by atoms with E-state index in [0.717, 1.165) is 35.1 Å². The van der Waals surface area contributed by atoms with E-state index in [4.69, 9.17) is 19.3 Å². The van der Waals surface area contributed by atoms with Crippen molar-refractivity contribution in [1.82, 2.24) is 4.90 Å². The first-order valence-electron chi connectivity index (χ1n) is 14.8. The summed E-state index contributed by atoms with van der Waals surface area (Å²) >= 11 is 0. The van der Waals surface area contributed by atoms with Gasteiger partial charge in [0.15, 0.2) is 0 Å². The molecule has 0 unspecified atom stereocenters. The first-order valence-corrected chi connectivity index (χ1v) is 14.8. The summed E-state index contributed by atoms with van der Waals surface area (Å²) in [4.78, 5) is 12.3. The number of aliphatic carboxylic acids is 1. The third-order valence-electron chi connectivity index (χ3n) is 7.73. The summed E-state index contributed by atoms with van der Waals surface area (Å²) in [6.45, 7) is 6.46. The minimum Gasteiger partial charge on any atom is -0.493 e. The first kappa shape index (κ1) is 32.0. The van der Waals surface area contributed by atoms with Gasteiger partial charge in [-0.25, -0.2) is 18.0 Å². The molecule has 0 fully saturated rings. The highest BCUT2D eigenvalue weighted by atomic mass is 19.1. The number of carboxylic acids is 1. The van der Waals surface area contributed by atoms with Crippen LogP contribution in [0.2, 0.25) is 0 Å². The summed E-state index contributed by atoms with van der Waals surface area (Å²) in [6.07, 6.45) is 4.24. The quantitative estimate of drug-likeness (QED) is 0.215. The van der Waals surface area contributed by atoms with E-state index >= 15 is 8.78 Å². The van der Waals surface area contributed by atoms with Crippen LogP contribution in [0, 0.1) is 11.6 Å². The molecule has 2 aliphatic rings. The largest absolute Gasteiger partial charge is 0.493 e. The normalized spacial score (nSPS) is 18.7. The van der Waals surface area contributed by atoms with E-state index in [1.807, 2.05) is 24.0 Å². The summed E-state index contributed by atoms with van der Waals surface area (Å²) in [7, 11) is 0. The Kier molecular flexibility index (Phi) is 11.1. The molecule has 1 heterocycles. The topological polar surface area (TPSA) is 68.2 Å². The van der Waals surface area contributed by atoms with Gasteiger partial charge in [-0.3, -0.25) is 4.90 Å². The van der Waals surface area contributed by atoms with Gasteiger partial charge >= 0.3 is 5.97 Å². The number of hydrogen-bond acceptors (Lipinski definition) is 5. The monoisotopic (exact) mass is 589 g/mol. The highest BCUT2D eigenvalue weighted by Gasteiger charge is 2.42. The van der Waals surface area contributed by atoms with Crippen LogP contribution in [0.5, 0.6) is 5.75 Å². The molecule has 0 saturated carbocycles. The van der Waals surface area contributed by atoms with Gasteiger partial charge in [0.25, 0.3) is 0 Å². The summed E-state index contributed by atoms with van der Waals surface area (Å²) in [5, 5.41) is 8.51. The van der Waals surface area contributed by atoms with Gasteiger partial charge in [-0.1, -0.05) is 24.3 Å². The van der Waals surface area contributed by atoms with E-state index in [1.54, 1.807) is 0 Å². The Balaban J connectivity index is 1.36. The van der Waals surface area contributed by atoms with Gasteiger partial charge in [0, 0.05) is 50.1 Å². The zero-order valence-corrected chi connectivity index (χ0v) is 24.8. The van der Waals surface area contributed by atoms with Crippen LogP contribution in [-0.4, -0.2) is 67.3 Å². The predicted molar refractivity (Wildman–Crippen MR) is 155 cm³/mol. The van der Waals surface area contributed by atoms with Crippen molar-refractivity contribution in [1.29, 1.82) is 0 Å². The zero-order chi connectivity index (χ0) is 30.3. The molecule has 6 nitrogen and oxygen atoms in total. The molecular formula is C33H42F3NO5. The molecule has 0 spiro atoms. The van der Waals surface area contributed by atoms with Gasteiger partial charge in [0.1, 0.15) is 29.7 Å². The molecule has 0 amide bonds. The molecule has 2 aromatic carbocycles. The maximum atomic E-state index is 15.8. The highest BCUT2D eigenvalue weighted by Crippen LogP contribution is 2.50. The van der Waals surface area contributed by atoms with Crippen LogP contribution in [0.25, 0.3) is 5.57 Å². The summed E-state index contributed by atoms with van der Waals surface area (Å²) in [6, 6.07) is 9.75. The first-order chi connectivity index (χ1) is 20.0. The van der Waals surface area contributed by atoms with Crippen LogP contribution in [-0.2, 0) is 20.7 Å². The third-order valence-corrected chi connectivity index (χ3v) is 7.73. The van der Waals surface area contributed by atoms with Gasteiger partial charge < -0.3 is 19.3 Å². The third kappa shape index (κ3) is 8.36. The van der Waals surface area contributed by atoms with Crippen molar-refractivity contribution >= 4 is 11.5 Å². The number of unbranched alkanes of at least 4 members (excludes halogenated alkanes) is 2. The van der Waals surface area contributed by atoms with Gasteiger partial charge in [-0.2, -0.15) is 0 Å². The lowest BCUT2D eigenvalue weighted by Gasteiger charge is -2.44. The number of hydrogen-bond donors (Lipinski definition) is 1. The Morgan fingerprint density at radius 2 is 1.67 bits per heavy atom. The van der Waals surface area contributed by atoms with Crippen LogP contribution in [0.1, 0.15) is 75.6 Å². The van der Waals surface area contributed by atoms with E-state index in [0.29, 0.717) is 52.1 Å². The minimum atomic E-state index is -1.53. The average Bonchev–Trinajstić information content (AvgIpc) is 3.27. The Hall–Kier alpha value is -2.88. The number of carboxylic acid groups (broad SMARTS) is 1. The zero-order valence-electron chi connectivity index (χ0n) is 24.8. The van der Waals surface area contributed by atoms with E-state index in [1.165, 1.54) is 26.0 Å². The minimum absolute atomic E-state index is 0.0519. The summed E-state index contributed by atoms with van der Waals surface area (Å²) < 4.78 is 62.6. The molecule has 1 aliphatic carbocycles. The molecular weight excluding hydrogens is 547 g/mol. The molecule has 0 saturated heterocycles. The SMILES string of the molecule is C[C@@H]1CC2=C(Cc3ccccc32)[C@@H](c2c(F)cc(OCCCCCOCCCOCC(=O)O)cc2F)N1CC(C)(C)F. The number of fused-ring (bicyclic) bond motifs is 2. The highest BCUT2D eigenvalue weighted by molar-refractivity contribution is 5.79. The lowest BCUT2D eigenvalue weighted by atomic mass is 9.84. The van der Waals surface area contributed by atoms with Crippen LogP contribution >= 0.6 is 0 Å². The van der Waals surface area contributed by atoms with E-state index < -0.39 is 29.3 Å². The summed E-state index contributed by atoms with van der Waals surface area (Å²) in [5.74, 6) is -2.23. The number of alkyl halides is 1. The van der Waals surface area contributed by atoms with Crippen molar-refractivity contribution in [2.45, 2.75) is 77.0 Å². The van der Waals surface area contributed by atoms with Crippen LogP contribution in [0.3, 0.4) is 0 Å². The van der Waals surface area contributed by atoms with Crippen LogP contribution in [0.4, 0.5) is 13.2 Å². The molecule has 0 aromatic heterocycles. The second-order valence-corrected chi connectivity index (χ2v) is 11.8. The fourth-order valence-electron chi connectivity index (χ4n) is 5.95. The molecule has 2 aromatic rings. The Labute approximate surface area is 246 Å². The molecule has 42 heavy (non-hydrogen) atoms. The Morgan fingerprint density at radius 1 is 1.00 bits per heavy atom. The van der Waals surface area contributed by atoms with E-state index in [2.05, 4.69) is 12.1 Å². The maximum Gasteiger partial charge on any atom is 0.329 e. The summed E-state index contributed by atoms with van der Waals surface area (Å²) in [5.41, 5.74) is 2.74. The van der Waals surface area contributed by atoms with Crippen molar-refractivity contribution in [3.05, 3.63) is 70.3 Å². The second-order valence-electron chi connectivity index (χ2n) is 11.8. The van der Waals surface area contributed by atoms with Crippen molar-refractivity contribution in [2.24, 2.45) is 0 Å². The smallest absolute Gasteiger partial charge is 0.329 e. The lowest BCUT2D eigenvalue weighted by Crippen LogP contribution is -2.47. The molecule has 1 N–H and O–H groups in total. The van der Waals surface area contributed by atoms with Crippen molar-refractivity contribution < 1.29 is 37.3 Å². The number of nitrogens with zero attached hydrogens (tertiary/aromatic N) is 1. The number of rotatable bonds is 16. The fourth-order valence-corrected chi connectivity index (χ4v) is 5.95. The van der Waals surface area contributed by atoms with Crippen LogP contribution in [0.15, 0.2) is 42.0 Å². The van der Waals surface area contributed by atoms with E-state index in [-0.39, 0.29) is 30.5 Å². The fraction of sp³-hybridized carbons (Fsp3) is 0.545. The van der Waals surface area contributed by atoms with Gasteiger partial charge in [-0.05, 0) is 81.6 Å². The number of halogens is 3. The van der Waals surface area contributed by atoms with Gasteiger partial charge in [0.2, 0.25) is 0 Å². The lowest BCUT2D eigenvalue weighted by molar-refractivity contribution is -0.142. The molecule has 0 radical (unpaired) electrons. The van der Waals surface area contributed by atoms with Crippen molar-refractivity contribution in [2.75, 3.05) is 39.6 Å². The molecule has 2 atom stereocenters. The molecule has 4 rings (SSSR count). The Morgan fingerprint density at radius 3 is 2.38 bits per heavy atom. The molecule has 9 heteroatoms. The van der Waals surface area contributed by atoms with Crippen LogP contribution < -0.4 is 4.74 Å². The van der Waals surface area contributed by atoms with Gasteiger partial charge in [0.05, 0.1) is 12.6 Å². The molecule has 0 bridgehead atoms. The predicted octanol–water partition coefficient (Wildman–Crippen LogP) is 6.92. The van der Waals surface area contributed by atoms with E-state index in [9.17, 15) is 9.18 Å². The second kappa shape index (κ2) is 14.5. The maximum absolute atomic E-state index is 15.8.